The van der Waals surface area contributed by atoms with Crippen LogP contribution in [0.15, 0.2) is 120 Å². The van der Waals surface area contributed by atoms with Crippen molar-refractivity contribution in [1.29, 1.82) is 0 Å². The zero-order valence-corrected chi connectivity index (χ0v) is 21.9. The highest BCUT2D eigenvalue weighted by atomic mass is 28.4. The Kier molecular flexibility index (Phi) is 7.03. The molecule has 0 aromatic heterocycles. The Hall–Kier alpha value is -3.67. The topological polar surface area (TPSA) is 40.0 Å². The van der Waals surface area contributed by atoms with E-state index in [0.29, 0.717) is 0 Å². The summed E-state index contributed by atoms with van der Waals surface area (Å²) in [5.41, 5.74) is 0.853. The maximum absolute atomic E-state index is 7.24. The summed E-state index contributed by atoms with van der Waals surface area (Å²) in [5.74, 6) is 1.70. The predicted molar refractivity (Wildman–Crippen MR) is 149 cm³/mol. The van der Waals surface area contributed by atoms with Gasteiger partial charge < -0.3 is 13.9 Å². The third-order valence-electron chi connectivity index (χ3n) is 6.82. The average molecular weight is 494 g/mol. The monoisotopic (exact) mass is 493 g/mol. The van der Waals surface area contributed by atoms with Crippen LogP contribution >= 0.6 is 0 Å². The van der Waals surface area contributed by atoms with E-state index in [1.54, 1.807) is 7.11 Å². The standard InChI is InChI=1S/C31H31NO3Si/c1-23-30(34-31(23)32-25-19-21-26(33-3)22-20-25)24(2)35-36(27-13-7-4-8-14-27,28-15-9-5-10-16-28)29-17-11-6-12-18-29/h4-24,30H,1-3H3/t23-,24+,30+/m1/s1. The van der Waals surface area contributed by atoms with Crippen molar-refractivity contribution in [2.24, 2.45) is 10.9 Å². The van der Waals surface area contributed by atoms with Gasteiger partial charge in [-0.05, 0) is 46.7 Å². The van der Waals surface area contributed by atoms with E-state index in [1.807, 2.05) is 24.3 Å². The molecule has 1 aliphatic heterocycles. The molecule has 0 radical (unpaired) electrons. The zero-order chi connectivity index (χ0) is 25.0. The Morgan fingerprint density at radius 3 is 1.61 bits per heavy atom. The van der Waals surface area contributed by atoms with E-state index in [-0.39, 0.29) is 18.1 Å². The molecule has 36 heavy (non-hydrogen) atoms. The summed E-state index contributed by atoms with van der Waals surface area (Å²) in [6, 6.07) is 39.6. The second kappa shape index (κ2) is 10.5. The van der Waals surface area contributed by atoms with Gasteiger partial charge in [-0.3, -0.25) is 0 Å². The summed E-state index contributed by atoms with van der Waals surface area (Å²) < 4.78 is 18.7. The number of methoxy groups -OCH3 is 1. The fourth-order valence-corrected chi connectivity index (χ4v) is 8.99. The first-order chi connectivity index (χ1) is 17.6. The minimum absolute atomic E-state index is 0.0787. The van der Waals surface area contributed by atoms with E-state index < -0.39 is 8.32 Å². The lowest BCUT2D eigenvalue weighted by Gasteiger charge is -2.44. The molecule has 5 rings (SSSR count). The fraction of sp³-hybridized carbons (Fsp3) is 0.194. The summed E-state index contributed by atoms with van der Waals surface area (Å²) >= 11 is 0. The Labute approximate surface area is 214 Å². The number of ether oxygens (including phenoxy) is 2. The first kappa shape index (κ1) is 24.0. The van der Waals surface area contributed by atoms with E-state index in [1.165, 1.54) is 15.6 Å². The number of hydrogen-bond donors (Lipinski definition) is 0. The van der Waals surface area contributed by atoms with Crippen molar-refractivity contribution in [3.8, 4) is 5.75 Å². The van der Waals surface area contributed by atoms with Gasteiger partial charge in [-0.1, -0.05) is 97.9 Å². The Balaban J connectivity index is 1.47. The number of nitrogens with zero attached hydrogens (tertiary/aromatic N) is 1. The van der Waals surface area contributed by atoms with E-state index in [4.69, 9.17) is 18.9 Å². The molecule has 0 aliphatic carbocycles. The van der Waals surface area contributed by atoms with E-state index in [9.17, 15) is 0 Å². The summed E-state index contributed by atoms with van der Waals surface area (Å²) in [6.07, 6.45) is -0.216. The fourth-order valence-electron chi connectivity index (χ4n) is 4.90. The first-order valence-corrected chi connectivity index (χ1v) is 14.3. The molecule has 4 aromatic carbocycles. The molecule has 1 aliphatic rings. The molecule has 1 saturated heterocycles. The first-order valence-electron chi connectivity index (χ1n) is 12.4. The van der Waals surface area contributed by atoms with Crippen LogP contribution < -0.4 is 20.3 Å². The molecular weight excluding hydrogens is 462 g/mol. The highest BCUT2D eigenvalue weighted by Gasteiger charge is 2.48. The number of aliphatic imine (C=N–C) groups is 1. The van der Waals surface area contributed by atoms with E-state index in [0.717, 1.165) is 17.3 Å². The quantitative estimate of drug-likeness (QED) is 0.261. The van der Waals surface area contributed by atoms with Crippen molar-refractivity contribution in [1.82, 2.24) is 0 Å². The lowest BCUT2D eigenvalue weighted by Crippen LogP contribution is -2.71. The molecule has 0 saturated carbocycles. The van der Waals surface area contributed by atoms with Crippen molar-refractivity contribution in [3.05, 3.63) is 115 Å². The van der Waals surface area contributed by atoms with Gasteiger partial charge in [0.05, 0.1) is 24.8 Å². The largest absolute Gasteiger partial charge is 0.497 e. The van der Waals surface area contributed by atoms with Crippen molar-refractivity contribution < 1.29 is 13.9 Å². The molecule has 1 fully saturated rings. The third-order valence-corrected chi connectivity index (χ3v) is 11.0. The summed E-state index contributed by atoms with van der Waals surface area (Å²) in [6.45, 7) is 4.29. The minimum Gasteiger partial charge on any atom is -0.497 e. The van der Waals surface area contributed by atoms with Gasteiger partial charge in [-0.2, -0.15) is 0 Å². The van der Waals surface area contributed by atoms with Gasteiger partial charge in [0.1, 0.15) is 11.9 Å². The Bertz CT molecular complexity index is 1200. The van der Waals surface area contributed by atoms with Gasteiger partial charge in [-0.25, -0.2) is 4.99 Å². The Morgan fingerprint density at radius 2 is 1.19 bits per heavy atom. The van der Waals surface area contributed by atoms with Gasteiger partial charge >= 0.3 is 0 Å². The molecule has 0 spiro atoms. The van der Waals surface area contributed by atoms with Crippen molar-refractivity contribution >= 4 is 35.5 Å². The van der Waals surface area contributed by atoms with E-state index >= 15 is 0 Å². The maximum Gasteiger partial charge on any atom is 0.288 e. The predicted octanol–water partition coefficient (Wildman–Crippen LogP) is 4.83. The van der Waals surface area contributed by atoms with Crippen molar-refractivity contribution in [2.45, 2.75) is 26.1 Å². The molecular formula is C31H31NO3Si. The summed E-state index contributed by atoms with van der Waals surface area (Å²) in [4.78, 5) is 4.72. The van der Waals surface area contributed by atoms with Crippen LogP contribution in [-0.4, -0.2) is 33.5 Å². The van der Waals surface area contributed by atoms with Gasteiger partial charge in [0.15, 0.2) is 5.90 Å². The second-order valence-electron chi connectivity index (χ2n) is 9.12. The Morgan fingerprint density at radius 1 is 0.722 bits per heavy atom. The lowest BCUT2D eigenvalue weighted by atomic mass is 9.94. The highest BCUT2D eigenvalue weighted by Crippen LogP contribution is 2.31. The average Bonchev–Trinajstić information content (AvgIpc) is 2.95. The van der Waals surface area contributed by atoms with Crippen LogP contribution in [0.3, 0.4) is 0 Å². The smallest absolute Gasteiger partial charge is 0.288 e. The van der Waals surface area contributed by atoms with E-state index in [2.05, 4.69) is 105 Å². The minimum atomic E-state index is -2.80. The van der Waals surface area contributed by atoms with Crippen LogP contribution in [0.1, 0.15) is 13.8 Å². The summed E-state index contributed by atoms with van der Waals surface area (Å²) in [5, 5.41) is 3.65. The van der Waals surface area contributed by atoms with Gasteiger partial charge in [0.25, 0.3) is 8.32 Å². The molecule has 182 valence electrons. The molecule has 4 nitrogen and oxygen atoms in total. The SMILES string of the molecule is COc1ccc(N=C2O[C@H]([C@H](C)O[Si](c3ccccc3)(c3ccccc3)c3ccccc3)[C@H]2C)cc1. The molecule has 4 aromatic rings. The second-order valence-corrected chi connectivity index (χ2v) is 12.5. The van der Waals surface area contributed by atoms with Crippen LogP contribution in [0.2, 0.25) is 0 Å². The molecule has 1 heterocycles. The summed E-state index contributed by atoms with van der Waals surface area (Å²) in [7, 11) is -1.14. The van der Waals surface area contributed by atoms with Gasteiger partial charge in [-0.15, -0.1) is 0 Å². The van der Waals surface area contributed by atoms with Crippen LogP contribution in [0, 0.1) is 5.92 Å². The molecule has 5 heteroatoms. The van der Waals surface area contributed by atoms with Gasteiger partial charge in [0.2, 0.25) is 0 Å². The van der Waals surface area contributed by atoms with Crippen molar-refractivity contribution in [2.75, 3.05) is 7.11 Å². The number of rotatable bonds is 8. The van der Waals surface area contributed by atoms with Crippen LogP contribution in [0.25, 0.3) is 0 Å². The third kappa shape index (κ3) is 4.60. The van der Waals surface area contributed by atoms with Crippen LogP contribution in [0.5, 0.6) is 5.75 Å². The maximum atomic E-state index is 7.24. The molecule has 0 unspecified atom stereocenters. The number of hydrogen-bond acceptors (Lipinski definition) is 4. The lowest BCUT2D eigenvalue weighted by molar-refractivity contribution is -0.0211. The van der Waals surface area contributed by atoms with Crippen LogP contribution in [-0.2, 0) is 9.16 Å². The van der Waals surface area contributed by atoms with Crippen LogP contribution in [0.4, 0.5) is 5.69 Å². The van der Waals surface area contributed by atoms with Crippen molar-refractivity contribution in [3.63, 3.8) is 0 Å². The van der Waals surface area contributed by atoms with Gasteiger partial charge in [0, 0.05) is 0 Å². The molecule has 0 N–H and O–H groups in total. The zero-order valence-electron chi connectivity index (χ0n) is 20.9. The number of benzene rings is 4. The normalized spacial score (nSPS) is 19.2. The highest BCUT2D eigenvalue weighted by molar-refractivity contribution is 7.07. The molecule has 0 amide bonds. The molecule has 3 atom stereocenters. The molecule has 0 bridgehead atoms.